The Morgan fingerprint density at radius 1 is 0.929 bits per heavy atom. The lowest BCUT2D eigenvalue weighted by Gasteiger charge is -2.44. The summed E-state index contributed by atoms with van der Waals surface area (Å²) in [4.78, 5) is 43.6. The molecule has 1 saturated carbocycles. The van der Waals surface area contributed by atoms with Crippen molar-refractivity contribution in [1.82, 2.24) is 10.2 Å². The average Bonchev–Trinajstić information content (AvgIpc) is 2.86. The van der Waals surface area contributed by atoms with Gasteiger partial charge in [-0.15, -0.1) is 0 Å². The number of nitrogens with one attached hydrogen (secondary N) is 2. The van der Waals surface area contributed by atoms with Crippen LogP contribution in [0.4, 0.5) is 10.5 Å². The second-order valence-corrected chi connectivity index (χ2v) is 12.9. The van der Waals surface area contributed by atoms with Crippen molar-refractivity contribution >= 4 is 34.4 Å². The van der Waals surface area contributed by atoms with Crippen molar-refractivity contribution in [2.24, 2.45) is 5.92 Å². The van der Waals surface area contributed by atoms with Gasteiger partial charge in [-0.25, -0.2) is 4.79 Å². The van der Waals surface area contributed by atoms with Gasteiger partial charge in [0.2, 0.25) is 5.91 Å². The highest BCUT2D eigenvalue weighted by Gasteiger charge is 2.43. The lowest BCUT2D eigenvalue weighted by atomic mass is 9.85. The largest absolute Gasteiger partial charge is 0.444 e. The third kappa shape index (κ3) is 7.50. The van der Waals surface area contributed by atoms with Gasteiger partial charge in [0.1, 0.15) is 17.7 Å². The fraction of sp³-hybridized carbons (Fsp3) is 0.457. The van der Waals surface area contributed by atoms with Crippen LogP contribution in [0.25, 0.3) is 10.8 Å². The average molecular weight is 572 g/mol. The van der Waals surface area contributed by atoms with Gasteiger partial charge in [0.05, 0.1) is 0 Å². The molecule has 3 amide bonds. The second kappa shape index (κ2) is 13.0. The summed E-state index contributed by atoms with van der Waals surface area (Å²) >= 11 is 0. The molecule has 7 nitrogen and oxygen atoms in total. The minimum absolute atomic E-state index is 0.112. The van der Waals surface area contributed by atoms with Crippen LogP contribution in [0.5, 0.6) is 0 Å². The van der Waals surface area contributed by atoms with Crippen molar-refractivity contribution in [2.75, 3.05) is 5.32 Å². The van der Waals surface area contributed by atoms with Gasteiger partial charge in [-0.3, -0.25) is 9.59 Å². The van der Waals surface area contributed by atoms with Gasteiger partial charge >= 0.3 is 6.09 Å². The molecule has 2 N–H and O–H groups in total. The Bertz CT molecular complexity index is 1420. The number of hydrogen-bond donors (Lipinski definition) is 2. The molecule has 0 saturated heterocycles. The predicted molar refractivity (Wildman–Crippen MR) is 168 cm³/mol. The van der Waals surface area contributed by atoms with E-state index in [-0.39, 0.29) is 23.8 Å². The standard InChI is InChI=1S/C35H45N3O4/c1-22(2)20-29(37-34(41)42-35(5,6)7)33(40)38(28-16-11-17-28)31(30-23(3)12-10-13-24(30)4)32(39)36-27-19-18-25-14-8-9-15-26(25)21-27/h8-10,12-15,18-19,21-22,28-29,31H,11,16-17,20H2,1-7H3,(H,36,39)(H,37,41). The molecule has 0 heterocycles. The molecule has 1 aliphatic carbocycles. The molecule has 0 bridgehead atoms. The summed E-state index contributed by atoms with van der Waals surface area (Å²) < 4.78 is 5.53. The van der Waals surface area contributed by atoms with E-state index in [1.807, 2.05) is 88.4 Å². The van der Waals surface area contributed by atoms with Crippen LogP contribution in [0.1, 0.15) is 83.0 Å². The van der Waals surface area contributed by atoms with Crippen LogP contribution in [0.3, 0.4) is 0 Å². The summed E-state index contributed by atoms with van der Waals surface area (Å²) in [6.45, 7) is 13.4. The number of carbonyl (C=O) groups excluding carboxylic acids is 3. The van der Waals surface area contributed by atoms with Crippen LogP contribution in [0, 0.1) is 19.8 Å². The van der Waals surface area contributed by atoms with E-state index in [9.17, 15) is 14.4 Å². The zero-order valence-electron chi connectivity index (χ0n) is 26.0. The molecular weight excluding hydrogens is 526 g/mol. The molecule has 2 unspecified atom stereocenters. The van der Waals surface area contributed by atoms with E-state index < -0.39 is 23.8 Å². The number of ether oxygens (including phenoxy) is 1. The highest BCUT2D eigenvalue weighted by Crippen LogP contribution is 2.37. The molecule has 42 heavy (non-hydrogen) atoms. The number of carbonyl (C=O) groups is 3. The minimum atomic E-state index is -0.870. The second-order valence-electron chi connectivity index (χ2n) is 12.9. The molecule has 0 radical (unpaired) electrons. The van der Waals surface area contributed by atoms with Gasteiger partial charge in [-0.1, -0.05) is 62.4 Å². The maximum Gasteiger partial charge on any atom is 0.408 e. The summed E-state index contributed by atoms with van der Waals surface area (Å²) in [6.07, 6.45) is 2.37. The van der Waals surface area contributed by atoms with Crippen molar-refractivity contribution in [2.45, 2.75) is 97.9 Å². The number of rotatable bonds is 9. The summed E-state index contributed by atoms with van der Waals surface area (Å²) in [5, 5.41) is 8.08. The zero-order chi connectivity index (χ0) is 30.6. The van der Waals surface area contributed by atoms with Gasteiger partial charge in [-0.05, 0) is 106 Å². The Balaban J connectivity index is 1.76. The van der Waals surface area contributed by atoms with Gasteiger partial charge < -0.3 is 20.3 Å². The number of alkyl carbamates (subject to hydrolysis) is 1. The van der Waals surface area contributed by atoms with Crippen LogP contribution in [0.15, 0.2) is 60.7 Å². The smallest absolute Gasteiger partial charge is 0.408 e. The third-order valence-corrected chi connectivity index (χ3v) is 7.78. The molecule has 0 aliphatic heterocycles. The van der Waals surface area contributed by atoms with E-state index in [1.54, 1.807) is 25.7 Å². The fourth-order valence-corrected chi connectivity index (χ4v) is 5.64. The van der Waals surface area contributed by atoms with E-state index in [1.165, 1.54) is 0 Å². The van der Waals surface area contributed by atoms with Crippen LogP contribution in [0.2, 0.25) is 0 Å². The molecule has 1 fully saturated rings. The molecule has 0 spiro atoms. The molecule has 1 aliphatic rings. The van der Waals surface area contributed by atoms with Crippen molar-refractivity contribution in [3.8, 4) is 0 Å². The van der Waals surface area contributed by atoms with Crippen molar-refractivity contribution < 1.29 is 19.1 Å². The topological polar surface area (TPSA) is 87.7 Å². The number of benzene rings is 3. The Labute approximate surface area is 250 Å². The fourth-order valence-electron chi connectivity index (χ4n) is 5.64. The summed E-state index contributed by atoms with van der Waals surface area (Å²) in [6, 6.07) is 17.9. The van der Waals surface area contributed by atoms with Crippen LogP contribution in [-0.2, 0) is 14.3 Å². The van der Waals surface area contributed by atoms with E-state index in [0.717, 1.165) is 46.7 Å². The first kappa shape index (κ1) is 31.1. The van der Waals surface area contributed by atoms with Gasteiger partial charge in [0.25, 0.3) is 5.91 Å². The molecule has 224 valence electrons. The Kier molecular flexibility index (Phi) is 9.60. The van der Waals surface area contributed by atoms with Crippen LogP contribution >= 0.6 is 0 Å². The highest BCUT2D eigenvalue weighted by atomic mass is 16.6. The maximum absolute atomic E-state index is 14.6. The molecular formula is C35H45N3O4. The van der Waals surface area contributed by atoms with E-state index in [4.69, 9.17) is 4.74 Å². The van der Waals surface area contributed by atoms with Gasteiger partial charge in [-0.2, -0.15) is 0 Å². The monoisotopic (exact) mass is 571 g/mol. The number of nitrogens with zero attached hydrogens (tertiary/aromatic N) is 1. The number of anilines is 1. The molecule has 0 aromatic heterocycles. The first-order chi connectivity index (χ1) is 19.8. The van der Waals surface area contributed by atoms with Gasteiger partial charge in [0.15, 0.2) is 0 Å². The SMILES string of the molecule is Cc1cccc(C)c1C(C(=O)Nc1ccc2ccccc2c1)N(C(=O)C(CC(C)C)NC(=O)OC(C)(C)C)C1CCC1. The maximum atomic E-state index is 14.6. The summed E-state index contributed by atoms with van der Waals surface area (Å²) in [5.41, 5.74) is 2.65. The molecule has 3 aromatic carbocycles. The Hall–Kier alpha value is -3.87. The van der Waals surface area contributed by atoms with E-state index in [2.05, 4.69) is 10.6 Å². The van der Waals surface area contributed by atoms with E-state index in [0.29, 0.717) is 12.1 Å². The quantitative estimate of drug-likeness (QED) is 0.279. The Morgan fingerprint density at radius 2 is 1.57 bits per heavy atom. The normalized spacial score (nSPS) is 15.0. The predicted octanol–water partition coefficient (Wildman–Crippen LogP) is 7.46. The van der Waals surface area contributed by atoms with Crippen LogP contribution in [-0.4, -0.2) is 40.5 Å². The Morgan fingerprint density at radius 3 is 2.14 bits per heavy atom. The number of aryl methyl sites for hydroxylation is 2. The molecule has 7 heteroatoms. The minimum Gasteiger partial charge on any atom is -0.444 e. The molecule has 2 atom stereocenters. The van der Waals surface area contributed by atoms with Crippen molar-refractivity contribution in [3.05, 3.63) is 77.4 Å². The van der Waals surface area contributed by atoms with Gasteiger partial charge in [0, 0.05) is 11.7 Å². The first-order valence-corrected chi connectivity index (χ1v) is 15.0. The number of fused-ring (bicyclic) bond motifs is 1. The lowest BCUT2D eigenvalue weighted by molar-refractivity contribution is -0.146. The number of amides is 3. The van der Waals surface area contributed by atoms with E-state index >= 15 is 0 Å². The molecule has 4 rings (SSSR count). The third-order valence-electron chi connectivity index (χ3n) is 7.78. The van der Waals surface area contributed by atoms with Crippen LogP contribution < -0.4 is 10.6 Å². The summed E-state index contributed by atoms with van der Waals surface area (Å²) in [5.74, 6) is -0.411. The highest BCUT2D eigenvalue weighted by molar-refractivity contribution is 6.01. The number of hydrogen-bond acceptors (Lipinski definition) is 4. The van der Waals surface area contributed by atoms with Crippen molar-refractivity contribution in [1.29, 1.82) is 0 Å². The summed E-state index contributed by atoms with van der Waals surface area (Å²) in [7, 11) is 0. The lowest BCUT2D eigenvalue weighted by Crippen LogP contribution is -2.57. The first-order valence-electron chi connectivity index (χ1n) is 15.0. The zero-order valence-corrected chi connectivity index (χ0v) is 26.0. The van der Waals surface area contributed by atoms with Crippen molar-refractivity contribution in [3.63, 3.8) is 0 Å². The molecule has 3 aromatic rings.